The van der Waals surface area contributed by atoms with Crippen LogP contribution in [0.5, 0.6) is 0 Å². The van der Waals surface area contributed by atoms with Gasteiger partial charge in [0.15, 0.2) is 0 Å². The van der Waals surface area contributed by atoms with Crippen molar-refractivity contribution in [2.24, 2.45) is 17.3 Å². The highest BCUT2D eigenvalue weighted by Gasteiger charge is 2.56. The van der Waals surface area contributed by atoms with Crippen molar-refractivity contribution >= 4 is 5.97 Å². The fourth-order valence-corrected chi connectivity index (χ4v) is 2.90. The van der Waals surface area contributed by atoms with E-state index in [1.165, 1.54) is 6.42 Å². The van der Waals surface area contributed by atoms with Crippen LogP contribution in [0.25, 0.3) is 0 Å². The van der Waals surface area contributed by atoms with Crippen LogP contribution in [0, 0.1) is 17.3 Å². The first-order valence-electron chi connectivity index (χ1n) is 5.41. The minimum absolute atomic E-state index is 0.316. The number of unbranched alkanes of at least 4 members (excludes halogenated alkanes) is 1. The second kappa shape index (κ2) is 3.00. The van der Waals surface area contributed by atoms with E-state index < -0.39 is 5.97 Å². The standard InChI is InChI=1S/C11H18O2/c1-2-3-4-11(10(12)13)6-8-5-9(8)7-11/h8-9H,2-7H2,1H3,(H,12,13). The van der Waals surface area contributed by atoms with Crippen LogP contribution in [0.4, 0.5) is 0 Å². The van der Waals surface area contributed by atoms with Gasteiger partial charge in [-0.3, -0.25) is 4.79 Å². The summed E-state index contributed by atoms with van der Waals surface area (Å²) >= 11 is 0. The highest BCUT2D eigenvalue weighted by Crippen LogP contribution is 2.61. The van der Waals surface area contributed by atoms with Gasteiger partial charge in [-0.05, 0) is 37.5 Å². The molecule has 74 valence electrons. The summed E-state index contributed by atoms with van der Waals surface area (Å²) in [6.07, 6.45) is 6.34. The van der Waals surface area contributed by atoms with Crippen molar-refractivity contribution < 1.29 is 9.90 Å². The fraction of sp³-hybridized carbons (Fsp3) is 0.909. The Morgan fingerprint density at radius 3 is 2.54 bits per heavy atom. The number of carboxylic acids is 1. The molecule has 2 rings (SSSR count). The number of hydrogen-bond acceptors (Lipinski definition) is 1. The summed E-state index contributed by atoms with van der Waals surface area (Å²) < 4.78 is 0. The summed E-state index contributed by atoms with van der Waals surface area (Å²) in [6, 6.07) is 0. The minimum Gasteiger partial charge on any atom is -0.481 e. The first-order valence-corrected chi connectivity index (χ1v) is 5.41. The zero-order valence-corrected chi connectivity index (χ0v) is 8.25. The van der Waals surface area contributed by atoms with Gasteiger partial charge in [0.2, 0.25) is 0 Å². The highest BCUT2D eigenvalue weighted by molar-refractivity contribution is 5.75. The van der Waals surface area contributed by atoms with Crippen LogP contribution in [-0.2, 0) is 4.79 Å². The average molecular weight is 182 g/mol. The Morgan fingerprint density at radius 2 is 2.08 bits per heavy atom. The molecule has 2 aliphatic rings. The van der Waals surface area contributed by atoms with Gasteiger partial charge in [0.05, 0.1) is 5.41 Å². The van der Waals surface area contributed by atoms with Crippen LogP contribution < -0.4 is 0 Å². The van der Waals surface area contributed by atoms with Crippen LogP contribution in [0.2, 0.25) is 0 Å². The van der Waals surface area contributed by atoms with Crippen molar-refractivity contribution in [1.29, 1.82) is 0 Å². The lowest BCUT2D eigenvalue weighted by Crippen LogP contribution is -2.29. The summed E-state index contributed by atoms with van der Waals surface area (Å²) in [5.41, 5.74) is -0.316. The molecule has 2 fully saturated rings. The topological polar surface area (TPSA) is 37.3 Å². The quantitative estimate of drug-likeness (QED) is 0.725. The van der Waals surface area contributed by atoms with Gasteiger partial charge in [-0.1, -0.05) is 19.8 Å². The molecular weight excluding hydrogens is 164 g/mol. The maximum atomic E-state index is 11.2. The average Bonchev–Trinajstić information content (AvgIpc) is 2.71. The Hall–Kier alpha value is -0.530. The predicted molar refractivity (Wildman–Crippen MR) is 50.4 cm³/mol. The Kier molecular flexibility index (Phi) is 2.09. The molecule has 0 saturated heterocycles. The predicted octanol–water partition coefficient (Wildman–Crippen LogP) is 2.68. The Balaban J connectivity index is 1.99. The fourth-order valence-electron chi connectivity index (χ4n) is 2.90. The number of fused-ring (bicyclic) bond motifs is 1. The van der Waals surface area contributed by atoms with E-state index in [9.17, 15) is 9.90 Å². The zero-order chi connectivity index (χ0) is 9.47. The van der Waals surface area contributed by atoms with Crippen molar-refractivity contribution in [2.45, 2.75) is 45.4 Å². The van der Waals surface area contributed by atoms with E-state index in [-0.39, 0.29) is 5.41 Å². The molecule has 0 bridgehead atoms. The summed E-state index contributed by atoms with van der Waals surface area (Å²) in [5, 5.41) is 9.23. The second-order valence-electron chi connectivity index (χ2n) is 4.85. The van der Waals surface area contributed by atoms with Gasteiger partial charge < -0.3 is 5.11 Å². The maximum Gasteiger partial charge on any atom is 0.309 e. The van der Waals surface area contributed by atoms with Gasteiger partial charge in [0, 0.05) is 0 Å². The zero-order valence-electron chi connectivity index (χ0n) is 8.25. The third kappa shape index (κ3) is 1.47. The van der Waals surface area contributed by atoms with E-state index in [0.29, 0.717) is 0 Å². The SMILES string of the molecule is CCCCC1(C(=O)O)CC2CC2C1. The second-order valence-corrected chi connectivity index (χ2v) is 4.85. The first kappa shape index (κ1) is 9.04. The van der Waals surface area contributed by atoms with E-state index in [0.717, 1.165) is 43.9 Å². The van der Waals surface area contributed by atoms with Gasteiger partial charge in [-0.25, -0.2) is 0 Å². The molecular formula is C11H18O2. The lowest BCUT2D eigenvalue weighted by atomic mass is 9.78. The molecule has 2 atom stereocenters. The van der Waals surface area contributed by atoms with E-state index >= 15 is 0 Å². The first-order chi connectivity index (χ1) is 6.18. The number of carboxylic acid groups (broad SMARTS) is 1. The molecule has 0 aromatic rings. The smallest absolute Gasteiger partial charge is 0.309 e. The number of hydrogen-bond donors (Lipinski definition) is 1. The molecule has 13 heavy (non-hydrogen) atoms. The van der Waals surface area contributed by atoms with Crippen molar-refractivity contribution in [3.63, 3.8) is 0 Å². The van der Waals surface area contributed by atoms with Crippen LogP contribution in [0.3, 0.4) is 0 Å². The lowest BCUT2D eigenvalue weighted by Gasteiger charge is -2.25. The molecule has 0 aliphatic heterocycles. The summed E-state index contributed by atoms with van der Waals surface area (Å²) in [6.45, 7) is 2.13. The highest BCUT2D eigenvalue weighted by atomic mass is 16.4. The molecule has 2 saturated carbocycles. The van der Waals surface area contributed by atoms with Crippen LogP contribution >= 0.6 is 0 Å². The van der Waals surface area contributed by atoms with Crippen molar-refractivity contribution in [3.8, 4) is 0 Å². The third-order valence-corrected chi connectivity index (χ3v) is 3.84. The molecule has 0 aromatic heterocycles. The van der Waals surface area contributed by atoms with E-state index in [4.69, 9.17) is 0 Å². The van der Waals surface area contributed by atoms with Crippen molar-refractivity contribution in [2.75, 3.05) is 0 Å². The minimum atomic E-state index is -0.534. The van der Waals surface area contributed by atoms with Crippen LogP contribution in [0.1, 0.15) is 45.4 Å². The Labute approximate surface area is 79.3 Å². The van der Waals surface area contributed by atoms with E-state index in [1.54, 1.807) is 0 Å². The van der Waals surface area contributed by atoms with Crippen LogP contribution in [-0.4, -0.2) is 11.1 Å². The normalized spacial score (nSPS) is 41.6. The molecule has 2 heteroatoms. The Bertz CT molecular complexity index is 212. The molecule has 0 radical (unpaired) electrons. The molecule has 1 N–H and O–H groups in total. The number of aliphatic carboxylic acids is 1. The molecule has 2 unspecified atom stereocenters. The molecule has 0 spiro atoms. The van der Waals surface area contributed by atoms with E-state index in [1.807, 2.05) is 0 Å². The summed E-state index contributed by atoms with van der Waals surface area (Å²) in [5.74, 6) is 1.01. The monoisotopic (exact) mass is 182 g/mol. The molecule has 2 aliphatic carbocycles. The van der Waals surface area contributed by atoms with E-state index in [2.05, 4.69) is 6.92 Å². The number of carbonyl (C=O) groups is 1. The largest absolute Gasteiger partial charge is 0.481 e. The third-order valence-electron chi connectivity index (χ3n) is 3.84. The van der Waals surface area contributed by atoms with Gasteiger partial charge in [-0.2, -0.15) is 0 Å². The Morgan fingerprint density at radius 1 is 1.46 bits per heavy atom. The van der Waals surface area contributed by atoms with Gasteiger partial charge in [0.1, 0.15) is 0 Å². The maximum absolute atomic E-state index is 11.2. The van der Waals surface area contributed by atoms with Gasteiger partial charge >= 0.3 is 5.97 Å². The molecule has 2 nitrogen and oxygen atoms in total. The lowest BCUT2D eigenvalue weighted by molar-refractivity contribution is -0.149. The van der Waals surface area contributed by atoms with Crippen molar-refractivity contribution in [3.05, 3.63) is 0 Å². The van der Waals surface area contributed by atoms with Gasteiger partial charge in [-0.15, -0.1) is 0 Å². The molecule has 0 heterocycles. The van der Waals surface area contributed by atoms with Gasteiger partial charge in [0.25, 0.3) is 0 Å². The molecule has 0 amide bonds. The summed E-state index contributed by atoms with van der Waals surface area (Å²) in [7, 11) is 0. The summed E-state index contributed by atoms with van der Waals surface area (Å²) in [4.78, 5) is 11.2. The van der Waals surface area contributed by atoms with Crippen LogP contribution in [0.15, 0.2) is 0 Å². The number of rotatable bonds is 4. The molecule has 0 aromatic carbocycles. The van der Waals surface area contributed by atoms with Crippen molar-refractivity contribution in [1.82, 2.24) is 0 Å².